The van der Waals surface area contributed by atoms with Gasteiger partial charge in [-0.05, 0) is 84.0 Å². The number of unbranched alkanes of at least 4 members (excludes halogenated alkanes) is 2. The maximum Gasteiger partial charge on any atom is 3.00 e. The van der Waals surface area contributed by atoms with Gasteiger partial charge in [0, 0.05) is 92.0 Å². The molecule has 36 heteroatoms. The zero-order valence-corrected chi connectivity index (χ0v) is 53.0. The van der Waals surface area contributed by atoms with Crippen molar-refractivity contribution in [2.75, 3.05) is 0 Å². The van der Waals surface area contributed by atoms with E-state index in [1.165, 1.54) is 13.8 Å². The van der Waals surface area contributed by atoms with Crippen LogP contribution in [-0.4, -0.2) is 96.2 Å². The predicted octanol–water partition coefficient (Wildman–Crippen LogP) is -12.6. The van der Waals surface area contributed by atoms with E-state index in [2.05, 4.69) is 0 Å². The number of carbonyl (C=O) groups is 15. The van der Waals surface area contributed by atoms with E-state index in [0.717, 1.165) is 53.4 Å². The molecule has 0 aliphatic rings. The first kappa shape index (κ1) is 140. The van der Waals surface area contributed by atoms with Gasteiger partial charge < -0.3 is 144 Å². The van der Waals surface area contributed by atoms with Crippen LogP contribution in [0.3, 0.4) is 0 Å². The summed E-state index contributed by atoms with van der Waals surface area (Å²) in [7, 11) is 0. The molecule has 0 heterocycles. The summed E-state index contributed by atoms with van der Waals surface area (Å²) in [5.74, 6) is -12.5. The summed E-state index contributed by atoms with van der Waals surface area (Å²) in [6.07, 6.45) is 5.66. The molecule has 0 aromatic carbocycles. The molecule has 0 bridgehead atoms. The van der Waals surface area contributed by atoms with Crippen LogP contribution in [0.1, 0.15) is 174 Å². The number of hydrogen-bond donors (Lipinski definition) is 1. The summed E-state index contributed by atoms with van der Waals surface area (Å²) in [6.45, 7) is 19.4. The Morgan fingerprint density at radius 1 is 0.354 bits per heavy atom. The molecule has 1 N–H and O–H groups in total. The SMILES string of the molecule is CC(=O)O.CC(=O)[O-].CC(=O)[O-].CC(=O)[O-].CC(C)C(=O)[O-].CC(C)C(=O)[O-].CCC(=O)[O-].CCC(=O)[O-].CCCC(=O)[O-].CCCC(=O)[O-].CCCCC(=O)[O-].CCCCC(=O)[O-].O=C[O-].O=C[O-].O=C[O-].[Mn+2].[Mn+2].[Mn+2].[Mn+2].[Mn+3].[Mn+3]. The molecule has 0 aliphatic carbocycles. The van der Waals surface area contributed by atoms with Crippen molar-refractivity contribution in [3.8, 4) is 0 Å². The Hall–Kier alpha value is -4.83. The summed E-state index contributed by atoms with van der Waals surface area (Å²) in [6, 6.07) is 0. The largest absolute Gasteiger partial charge is 3.00 e. The van der Waals surface area contributed by atoms with Crippen molar-refractivity contribution < 1.29 is 251 Å². The summed E-state index contributed by atoms with van der Waals surface area (Å²) in [5, 5.41) is 135. The Labute approximate surface area is 524 Å². The van der Waals surface area contributed by atoms with E-state index >= 15 is 0 Å². The predicted molar refractivity (Wildman–Crippen MR) is 223 cm³/mol. The van der Waals surface area contributed by atoms with E-state index in [1.54, 1.807) is 41.5 Å². The molecule has 0 atom stereocenters. The molecule has 0 unspecified atom stereocenters. The average molecular weight is 1400 g/mol. The van der Waals surface area contributed by atoms with Crippen molar-refractivity contribution in [2.45, 2.75) is 174 Å². The molecule has 0 spiro atoms. The summed E-state index contributed by atoms with van der Waals surface area (Å²) in [4.78, 5) is 136. The van der Waals surface area contributed by atoms with Crippen LogP contribution in [-0.2, 0) is 174 Å². The van der Waals surface area contributed by atoms with E-state index in [-0.39, 0.29) is 153 Å². The molecule has 0 saturated heterocycles. The Morgan fingerprint density at radius 3 is 0.468 bits per heavy atom. The van der Waals surface area contributed by atoms with E-state index < -0.39 is 91.0 Å². The smallest absolute Gasteiger partial charge is 0.554 e. The summed E-state index contributed by atoms with van der Waals surface area (Å²) in [5.41, 5.74) is 0. The van der Waals surface area contributed by atoms with Crippen molar-refractivity contribution in [3.63, 3.8) is 0 Å². The van der Waals surface area contributed by atoms with E-state index in [0.29, 0.717) is 12.8 Å². The van der Waals surface area contributed by atoms with E-state index in [9.17, 15) is 79.2 Å². The Kier molecular flexibility index (Phi) is 249. The fraction of sp³-hybridized carbons (Fsp3) is 0.651. The molecular formula is C43H72Mn6O30. The number of carbonyl (C=O) groups excluding carboxylic acids is 14. The summed E-state index contributed by atoms with van der Waals surface area (Å²) < 4.78 is 0. The minimum absolute atomic E-state index is 0. The first-order valence-electron chi connectivity index (χ1n) is 20.6. The van der Waals surface area contributed by atoms with Gasteiger partial charge in [-0.1, -0.05) is 94.9 Å². The molecule has 0 aromatic rings. The van der Waals surface area contributed by atoms with Gasteiger partial charge in [-0.15, -0.1) is 0 Å². The Bertz CT molecular complexity index is 1210. The second-order valence-corrected chi connectivity index (χ2v) is 11.9. The molecule has 0 aliphatic heterocycles. The summed E-state index contributed by atoms with van der Waals surface area (Å²) >= 11 is 0. The number of carboxylic acids is 12. The van der Waals surface area contributed by atoms with Gasteiger partial charge in [-0.2, -0.15) is 0 Å². The molecule has 30 nitrogen and oxygen atoms in total. The third kappa shape index (κ3) is 827. The minimum atomic E-state index is -1.08. The van der Waals surface area contributed by atoms with Gasteiger partial charge in [-0.25, -0.2) is 0 Å². The molecule has 79 heavy (non-hydrogen) atoms. The number of carboxylic acid groups (broad SMARTS) is 15. The molecule has 0 saturated carbocycles. The first-order valence-corrected chi connectivity index (χ1v) is 20.6. The molecule has 4 radical (unpaired) electrons. The zero-order chi connectivity index (χ0) is 62.7. The number of rotatable bonds is 14. The van der Waals surface area contributed by atoms with Gasteiger partial charge in [0.05, 0.1) is 0 Å². The van der Waals surface area contributed by atoms with Crippen molar-refractivity contribution >= 4 is 91.0 Å². The fourth-order valence-corrected chi connectivity index (χ4v) is 1.05. The van der Waals surface area contributed by atoms with E-state index in [4.69, 9.17) is 69.3 Å². The molecular weight excluding hydrogens is 1330 g/mol. The monoisotopic (exact) mass is 1400 g/mol. The molecule has 0 rings (SSSR count). The van der Waals surface area contributed by atoms with Crippen LogP contribution >= 0.6 is 0 Å². The van der Waals surface area contributed by atoms with Crippen LogP contribution < -0.4 is 71.5 Å². The normalized spacial score (nSPS) is 6.84. The van der Waals surface area contributed by atoms with Gasteiger partial charge in [0.25, 0.3) is 5.97 Å². The van der Waals surface area contributed by atoms with Gasteiger partial charge in [0.2, 0.25) is 0 Å². The van der Waals surface area contributed by atoms with Crippen molar-refractivity contribution in [1.29, 1.82) is 0 Å². The maximum absolute atomic E-state index is 9.65. The first-order chi connectivity index (χ1) is 33.1. The topological polar surface area (TPSA) is 599 Å². The molecule has 466 valence electrons. The third-order valence-electron chi connectivity index (χ3n) is 3.90. The van der Waals surface area contributed by atoms with Crippen molar-refractivity contribution in [3.05, 3.63) is 0 Å². The molecule has 0 aromatic heterocycles. The van der Waals surface area contributed by atoms with E-state index in [1.807, 2.05) is 13.8 Å². The maximum atomic E-state index is 9.65. The van der Waals surface area contributed by atoms with Crippen LogP contribution in [0.15, 0.2) is 0 Å². The van der Waals surface area contributed by atoms with Crippen LogP contribution in [0.2, 0.25) is 0 Å². The second-order valence-electron chi connectivity index (χ2n) is 11.9. The van der Waals surface area contributed by atoms with Crippen LogP contribution in [0.5, 0.6) is 0 Å². The average Bonchev–Trinajstić information content (AvgIpc) is 3.20. The second kappa shape index (κ2) is 140. The standard InChI is InChI=1S/2C5H10O2.4C4H8O2.2C3H6O2.4C2H4O2.3CH2O2.6Mn/c2*1-2-3-4-5(6)7;2*1-3(2)4(5)6;2*1-2-3-4(5)6;2*1-2-3(4)5;4*1-2(3)4;3*2-1-3;;;;;;/h2*2-4H2,1H3,(H,6,7);2*3H,1-2H3,(H,5,6);2*2-3H2,1H3,(H,5,6);2*2H2,1H3,(H,4,5);4*1H3,(H,3,4);3*1H,(H,2,3);;;;;;/q;;;;;;;;;;;;;;;4*+2;2*+3/p-14. The third-order valence-corrected chi connectivity index (χ3v) is 3.90. The van der Waals surface area contributed by atoms with Crippen LogP contribution in [0.25, 0.3) is 0 Å². The van der Waals surface area contributed by atoms with Crippen LogP contribution in [0.4, 0.5) is 0 Å². The van der Waals surface area contributed by atoms with Crippen molar-refractivity contribution in [2.24, 2.45) is 11.8 Å². The van der Waals surface area contributed by atoms with Gasteiger partial charge in [-0.3, -0.25) is 4.79 Å². The minimum Gasteiger partial charge on any atom is -0.554 e. The fourth-order valence-electron chi connectivity index (χ4n) is 1.05. The van der Waals surface area contributed by atoms with Gasteiger partial charge in [0.1, 0.15) is 0 Å². The zero-order valence-electron chi connectivity index (χ0n) is 45.9. The molecule has 0 fully saturated rings. The van der Waals surface area contributed by atoms with Gasteiger partial charge >= 0.3 is 102 Å². The quantitative estimate of drug-likeness (QED) is 0.125. The van der Waals surface area contributed by atoms with Crippen molar-refractivity contribution in [1.82, 2.24) is 0 Å². The number of aliphatic carboxylic acids is 12. The van der Waals surface area contributed by atoms with Gasteiger partial charge in [0.15, 0.2) is 0 Å². The van der Waals surface area contributed by atoms with Crippen LogP contribution in [0, 0.1) is 11.8 Å². The number of hydrogen-bond acceptors (Lipinski definition) is 29. The molecule has 0 amide bonds. The Balaban J connectivity index is -0.0000000240. The Morgan fingerprint density at radius 2 is 0.456 bits per heavy atom.